The minimum atomic E-state index is -3.28. The molecule has 136 valence electrons. The van der Waals surface area contributed by atoms with Crippen LogP contribution in [0.1, 0.15) is 36.2 Å². The van der Waals surface area contributed by atoms with E-state index in [0.717, 1.165) is 24.9 Å². The third-order valence-corrected chi connectivity index (χ3v) is 5.12. The second-order valence-electron chi connectivity index (χ2n) is 5.95. The molecule has 0 fully saturated rings. The van der Waals surface area contributed by atoms with Crippen LogP contribution in [0.3, 0.4) is 0 Å². The number of carbonyl (C=O) groups is 1. The molecule has 0 aliphatic carbocycles. The molecule has 2 rings (SSSR count). The van der Waals surface area contributed by atoms with Crippen molar-refractivity contribution in [1.29, 1.82) is 0 Å². The number of halogens is 1. The zero-order valence-electron chi connectivity index (χ0n) is 14.3. The Labute approximate surface area is 150 Å². The van der Waals surface area contributed by atoms with Gasteiger partial charge in [0.05, 0.1) is 11.9 Å². The third kappa shape index (κ3) is 5.09. The van der Waals surface area contributed by atoms with Crippen LogP contribution in [0.5, 0.6) is 0 Å². The summed E-state index contributed by atoms with van der Waals surface area (Å²) in [5.41, 5.74) is 2.17. The van der Waals surface area contributed by atoms with E-state index in [1.165, 1.54) is 10.6 Å². The first-order chi connectivity index (χ1) is 10.8. The molecule has 1 amide bonds. The van der Waals surface area contributed by atoms with Gasteiger partial charge in [0.2, 0.25) is 10.0 Å². The molecule has 0 saturated heterocycles. The van der Waals surface area contributed by atoms with Gasteiger partial charge in [-0.2, -0.15) is 0 Å². The Morgan fingerprint density at radius 2 is 2.08 bits per heavy atom. The second kappa shape index (κ2) is 8.69. The average molecular weight is 376 g/mol. The first-order valence-electron chi connectivity index (χ1n) is 7.95. The lowest BCUT2D eigenvalue weighted by Crippen LogP contribution is -2.39. The van der Waals surface area contributed by atoms with Crippen LogP contribution in [0.4, 0.5) is 5.69 Å². The Morgan fingerprint density at radius 3 is 2.71 bits per heavy atom. The van der Waals surface area contributed by atoms with E-state index in [-0.39, 0.29) is 24.4 Å². The highest BCUT2D eigenvalue weighted by Gasteiger charge is 2.24. The van der Waals surface area contributed by atoms with Crippen LogP contribution in [0.2, 0.25) is 0 Å². The summed E-state index contributed by atoms with van der Waals surface area (Å²) < 4.78 is 25.1. The van der Waals surface area contributed by atoms with Gasteiger partial charge < -0.3 is 10.6 Å². The van der Waals surface area contributed by atoms with E-state index in [4.69, 9.17) is 0 Å². The van der Waals surface area contributed by atoms with Crippen molar-refractivity contribution in [2.45, 2.75) is 32.7 Å². The number of benzene rings is 1. The summed E-state index contributed by atoms with van der Waals surface area (Å²) in [5.74, 6) is -0.131. The van der Waals surface area contributed by atoms with Gasteiger partial charge in [0.15, 0.2) is 0 Å². The molecule has 1 atom stereocenters. The molecule has 0 spiro atoms. The highest BCUT2D eigenvalue weighted by atomic mass is 35.5. The summed E-state index contributed by atoms with van der Waals surface area (Å²) in [6.45, 7) is 5.95. The van der Waals surface area contributed by atoms with Crippen molar-refractivity contribution in [3.8, 4) is 0 Å². The molecule has 0 radical (unpaired) electrons. The molecule has 2 N–H and O–H groups in total. The fourth-order valence-electron chi connectivity index (χ4n) is 2.82. The highest BCUT2D eigenvalue weighted by molar-refractivity contribution is 7.92. The van der Waals surface area contributed by atoms with Gasteiger partial charge in [0.25, 0.3) is 5.91 Å². The lowest BCUT2D eigenvalue weighted by molar-refractivity contribution is 0.0950. The van der Waals surface area contributed by atoms with Gasteiger partial charge in [0.1, 0.15) is 0 Å². The van der Waals surface area contributed by atoms with Gasteiger partial charge in [-0.3, -0.25) is 9.10 Å². The van der Waals surface area contributed by atoms with Crippen LogP contribution >= 0.6 is 12.4 Å². The molecule has 6 nitrogen and oxygen atoms in total. The fraction of sp³-hybridized carbons (Fsp3) is 0.562. The number of anilines is 1. The Morgan fingerprint density at radius 1 is 1.38 bits per heavy atom. The number of rotatable bonds is 6. The van der Waals surface area contributed by atoms with Gasteiger partial charge in [-0.15, -0.1) is 12.4 Å². The zero-order chi connectivity index (χ0) is 17.0. The van der Waals surface area contributed by atoms with Gasteiger partial charge >= 0.3 is 0 Å². The number of nitrogens with zero attached hydrogens (tertiary/aromatic N) is 1. The molecule has 0 saturated carbocycles. The van der Waals surface area contributed by atoms with Crippen molar-refractivity contribution < 1.29 is 13.2 Å². The number of carbonyl (C=O) groups excluding carboxylic acids is 1. The Bertz CT molecular complexity index is 679. The molecule has 0 unspecified atom stereocenters. The summed E-state index contributed by atoms with van der Waals surface area (Å²) in [4.78, 5) is 12.2. The molecule has 0 bridgehead atoms. The molecule has 1 aromatic rings. The maximum Gasteiger partial charge on any atom is 0.251 e. The largest absolute Gasteiger partial charge is 0.350 e. The van der Waals surface area contributed by atoms with Crippen molar-refractivity contribution in [2.24, 2.45) is 0 Å². The zero-order valence-corrected chi connectivity index (χ0v) is 16.0. The molecule has 1 heterocycles. The number of aryl methyl sites for hydroxylation is 1. The predicted octanol–water partition coefficient (Wildman–Crippen LogP) is 1.55. The first kappa shape index (κ1) is 20.7. The smallest absolute Gasteiger partial charge is 0.251 e. The lowest BCUT2D eigenvalue weighted by atomic mass is 10.0. The molecule has 8 heteroatoms. The van der Waals surface area contributed by atoms with Gasteiger partial charge in [-0.05, 0) is 50.1 Å². The third-order valence-electron chi connectivity index (χ3n) is 3.94. The van der Waals surface area contributed by atoms with Gasteiger partial charge in [0, 0.05) is 24.7 Å². The molecule has 1 aliphatic heterocycles. The van der Waals surface area contributed by atoms with Crippen LogP contribution in [-0.4, -0.2) is 46.3 Å². The monoisotopic (exact) mass is 375 g/mol. The van der Waals surface area contributed by atoms with Gasteiger partial charge in [-0.25, -0.2) is 8.42 Å². The van der Waals surface area contributed by atoms with E-state index in [1.54, 1.807) is 18.2 Å². The van der Waals surface area contributed by atoms with Crippen molar-refractivity contribution in [3.63, 3.8) is 0 Å². The van der Waals surface area contributed by atoms with Crippen molar-refractivity contribution in [2.75, 3.05) is 30.2 Å². The number of sulfonamides is 1. The van der Waals surface area contributed by atoms with Crippen LogP contribution in [-0.2, 0) is 16.4 Å². The minimum absolute atomic E-state index is 0. The van der Waals surface area contributed by atoms with Crippen molar-refractivity contribution >= 4 is 34.0 Å². The highest BCUT2D eigenvalue weighted by Crippen LogP contribution is 2.29. The molecular weight excluding hydrogens is 350 g/mol. The van der Waals surface area contributed by atoms with E-state index < -0.39 is 10.0 Å². The van der Waals surface area contributed by atoms with E-state index in [0.29, 0.717) is 24.3 Å². The van der Waals surface area contributed by atoms with E-state index in [1.807, 2.05) is 13.8 Å². The standard InChI is InChI=1S/C16H25N3O3S.ClH/c1-4-17-12(2)11-18-16(20)14-7-8-15-13(10-14)6-5-9-19(15)23(3,21)22;/h7-8,10,12,17H,4-6,9,11H2,1-3H3,(H,18,20);1H/t12-;/m1./s1. The average Bonchev–Trinajstić information content (AvgIpc) is 2.50. The van der Waals surface area contributed by atoms with Gasteiger partial charge in [-0.1, -0.05) is 6.92 Å². The fourth-order valence-corrected chi connectivity index (χ4v) is 3.81. The number of nitrogens with one attached hydrogen (secondary N) is 2. The number of hydrogen-bond acceptors (Lipinski definition) is 4. The molecule has 1 aromatic carbocycles. The summed E-state index contributed by atoms with van der Waals surface area (Å²) in [6, 6.07) is 5.44. The normalized spacial score (nSPS) is 15.2. The lowest BCUT2D eigenvalue weighted by Gasteiger charge is -2.29. The second-order valence-corrected chi connectivity index (χ2v) is 7.86. The van der Waals surface area contributed by atoms with Crippen LogP contribution in [0, 0.1) is 0 Å². The van der Waals surface area contributed by atoms with Crippen LogP contribution < -0.4 is 14.9 Å². The minimum Gasteiger partial charge on any atom is -0.350 e. The maximum absolute atomic E-state index is 12.2. The molecular formula is C16H26ClN3O3S. The predicted molar refractivity (Wildman–Crippen MR) is 99.7 cm³/mol. The summed E-state index contributed by atoms with van der Waals surface area (Å²) >= 11 is 0. The molecule has 1 aliphatic rings. The SMILES string of the molecule is CCN[C@H](C)CNC(=O)c1ccc2c(c1)CCCN2S(C)(=O)=O.Cl. The maximum atomic E-state index is 12.2. The van der Waals surface area contributed by atoms with Crippen molar-refractivity contribution in [3.05, 3.63) is 29.3 Å². The van der Waals surface area contributed by atoms with E-state index in [2.05, 4.69) is 10.6 Å². The number of hydrogen-bond donors (Lipinski definition) is 2. The molecule has 0 aromatic heterocycles. The number of likely N-dealkylation sites (N-methyl/N-ethyl adjacent to an activating group) is 1. The number of amides is 1. The summed E-state index contributed by atoms with van der Waals surface area (Å²) in [6.07, 6.45) is 2.77. The van der Waals surface area contributed by atoms with Crippen molar-refractivity contribution in [1.82, 2.24) is 10.6 Å². The van der Waals surface area contributed by atoms with Crippen LogP contribution in [0.15, 0.2) is 18.2 Å². The Kier molecular flexibility index (Phi) is 7.51. The van der Waals surface area contributed by atoms with Crippen LogP contribution in [0.25, 0.3) is 0 Å². The summed E-state index contributed by atoms with van der Waals surface area (Å²) in [5, 5.41) is 6.14. The quantitative estimate of drug-likeness (QED) is 0.790. The molecule has 24 heavy (non-hydrogen) atoms. The Balaban J connectivity index is 0.00000288. The number of fused-ring (bicyclic) bond motifs is 1. The summed E-state index contributed by atoms with van der Waals surface area (Å²) in [7, 11) is -3.28. The first-order valence-corrected chi connectivity index (χ1v) is 9.80. The Hall–Kier alpha value is -1.31. The van der Waals surface area contributed by atoms with E-state index >= 15 is 0 Å². The topological polar surface area (TPSA) is 78.5 Å². The van der Waals surface area contributed by atoms with E-state index in [9.17, 15) is 13.2 Å².